The molecule has 2 N–H and O–H groups in total. The van der Waals surface area contributed by atoms with E-state index in [1.165, 1.54) is 6.92 Å². The Hall–Kier alpha value is -2.55. The van der Waals surface area contributed by atoms with Crippen molar-refractivity contribution >= 4 is 58.2 Å². The van der Waals surface area contributed by atoms with Crippen molar-refractivity contribution in [2.45, 2.75) is 12.1 Å². The maximum absolute atomic E-state index is 12.1. The number of anilines is 2. The third kappa shape index (κ3) is 5.72. The zero-order valence-electron chi connectivity index (χ0n) is 14.5. The van der Waals surface area contributed by atoms with E-state index in [0.717, 1.165) is 11.8 Å². The van der Waals surface area contributed by atoms with Crippen molar-refractivity contribution < 1.29 is 14.0 Å². The van der Waals surface area contributed by atoms with E-state index in [4.69, 9.17) is 27.6 Å². The number of rotatable bonds is 6. The van der Waals surface area contributed by atoms with Gasteiger partial charge in [-0.15, -0.1) is 10.2 Å². The van der Waals surface area contributed by atoms with Crippen LogP contribution in [-0.2, 0) is 9.59 Å². The number of nitrogens with one attached hydrogen (secondary N) is 2. The van der Waals surface area contributed by atoms with Gasteiger partial charge < -0.3 is 15.1 Å². The third-order valence-electron chi connectivity index (χ3n) is 3.33. The average molecular weight is 437 g/mol. The highest BCUT2D eigenvalue weighted by molar-refractivity contribution is 7.99. The molecule has 0 aliphatic rings. The summed E-state index contributed by atoms with van der Waals surface area (Å²) >= 11 is 12.9. The van der Waals surface area contributed by atoms with Gasteiger partial charge in [0.15, 0.2) is 0 Å². The topological polar surface area (TPSA) is 97.1 Å². The van der Waals surface area contributed by atoms with E-state index in [2.05, 4.69) is 20.8 Å². The molecule has 0 spiro atoms. The van der Waals surface area contributed by atoms with Gasteiger partial charge in [0.1, 0.15) is 0 Å². The second-order valence-corrected chi connectivity index (χ2v) is 7.43. The SMILES string of the molecule is CC(=O)Nc1ccc(-c2nnc(SCC(=O)Nc3cc(Cl)cc(Cl)c3)o2)cc1. The van der Waals surface area contributed by atoms with Crippen LogP contribution in [0, 0.1) is 0 Å². The first kappa shape index (κ1) is 20.2. The molecule has 10 heteroatoms. The van der Waals surface area contributed by atoms with Gasteiger partial charge in [-0.2, -0.15) is 0 Å². The van der Waals surface area contributed by atoms with Gasteiger partial charge in [-0.1, -0.05) is 35.0 Å². The Morgan fingerprint density at radius 1 is 1.00 bits per heavy atom. The van der Waals surface area contributed by atoms with Crippen molar-refractivity contribution in [2.75, 3.05) is 16.4 Å². The van der Waals surface area contributed by atoms with Crippen LogP contribution in [0.2, 0.25) is 10.0 Å². The molecule has 3 rings (SSSR count). The van der Waals surface area contributed by atoms with Gasteiger partial charge in [0.2, 0.25) is 17.7 Å². The van der Waals surface area contributed by atoms with Gasteiger partial charge >= 0.3 is 0 Å². The van der Waals surface area contributed by atoms with E-state index in [0.29, 0.717) is 32.9 Å². The predicted molar refractivity (Wildman–Crippen MR) is 110 cm³/mol. The molecule has 0 aliphatic carbocycles. The number of carbonyl (C=O) groups excluding carboxylic acids is 2. The van der Waals surface area contributed by atoms with Crippen LogP contribution in [0.4, 0.5) is 11.4 Å². The molecule has 0 fully saturated rings. The first-order valence-electron chi connectivity index (χ1n) is 7.99. The molecule has 144 valence electrons. The van der Waals surface area contributed by atoms with Crippen LogP contribution in [0.3, 0.4) is 0 Å². The van der Waals surface area contributed by atoms with Crippen molar-refractivity contribution in [2.24, 2.45) is 0 Å². The number of hydrogen-bond acceptors (Lipinski definition) is 6. The minimum Gasteiger partial charge on any atom is -0.411 e. The van der Waals surface area contributed by atoms with Crippen LogP contribution < -0.4 is 10.6 Å². The molecule has 0 aliphatic heterocycles. The summed E-state index contributed by atoms with van der Waals surface area (Å²) in [5.41, 5.74) is 1.88. The monoisotopic (exact) mass is 436 g/mol. The Bertz CT molecular complexity index is 988. The molecule has 0 bridgehead atoms. The average Bonchev–Trinajstić information content (AvgIpc) is 3.08. The lowest BCUT2D eigenvalue weighted by Crippen LogP contribution is -2.13. The summed E-state index contributed by atoms with van der Waals surface area (Å²) in [5.74, 6) is -0.0167. The molecule has 3 aromatic rings. The molecule has 28 heavy (non-hydrogen) atoms. The molecule has 0 saturated carbocycles. The van der Waals surface area contributed by atoms with Gasteiger partial charge in [-0.3, -0.25) is 9.59 Å². The maximum atomic E-state index is 12.1. The van der Waals surface area contributed by atoms with Crippen molar-refractivity contribution in [3.05, 3.63) is 52.5 Å². The number of amides is 2. The van der Waals surface area contributed by atoms with Crippen LogP contribution in [-0.4, -0.2) is 27.8 Å². The van der Waals surface area contributed by atoms with Crippen molar-refractivity contribution in [3.8, 4) is 11.5 Å². The van der Waals surface area contributed by atoms with Crippen LogP contribution in [0.25, 0.3) is 11.5 Å². The number of halogens is 2. The van der Waals surface area contributed by atoms with Crippen LogP contribution in [0.1, 0.15) is 6.92 Å². The second kappa shape index (κ2) is 9.09. The largest absolute Gasteiger partial charge is 0.411 e. The Morgan fingerprint density at radius 3 is 2.32 bits per heavy atom. The van der Waals surface area contributed by atoms with Crippen LogP contribution in [0.15, 0.2) is 52.1 Å². The Morgan fingerprint density at radius 2 is 1.68 bits per heavy atom. The quantitative estimate of drug-likeness (QED) is 0.541. The van der Waals surface area contributed by atoms with Gasteiger partial charge in [-0.25, -0.2) is 0 Å². The molecule has 7 nitrogen and oxygen atoms in total. The lowest BCUT2D eigenvalue weighted by Gasteiger charge is -2.05. The second-order valence-electron chi connectivity index (χ2n) is 5.63. The van der Waals surface area contributed by atoms with Gasteiger partial charge in [0.05, 0.1) is 5.75 Å². The van der Waals surface area contributed by atoms with E-state index in [1.54, 1.807) is 42.5 Å². The minimum absolute atomic E-state index is 0.0766. The summed E-state index contributed by atoms with van der Waals surface area (Å²) in [6.45, 7) is 1.44. The molecule has 1 heterocycles. The third-order valence-corrected chi connectivity index (χ3v) is 4.59. The summed E-state index contributed by atoms with van der Waals surface area (Å²) in [5, 5.41) is 14.4. The van der Waals surface area contributed by atoms with Crippen molar-refractivity contribution in [1.29, 1.82) is 0 Å². The standard InChI is InChI=1S/C18H14Cl2N4O3S/c1-10(25)21-14-4-2-11(3-5-14)17-23-24-18(27-17)28-9-16(26)22-15-7-12(19)6-13(20)8-15/h2-8H,9H2,1H3,(H,21,25)(H,22,26). The summed E-state index contributed by atoms with van der Waals surface area (Å²) in [7, 11) is 0. The number of carbonyl (C=O) groups is 2. The highest BCUT2D eigenvalue weighted by atomic mass is 35.5. The van der Waals surface area contributed by atoms with Crippen molar-refractivity contribution in [3.63, 3.8) is 0 Å². The smallest absolute Gasteiger partial charge is 0.277 e. The van der Waals surface area contributed by atoms with E-state index in [9.17, 15) is 9.59 Å². The van der Waals surface area contributed by atoms with Gasteiger partial charge in [0.25, 0.3) is 5.22 Å². The molecule has 2 aromatic carbocycles. The lowest BCUT2D eigenvalue weighted by atomic mass is 10.2. The summed E-state index contributed by atoms with van der Waals surface area (Å²) in [6.07, 6.45) is 0. The molecule has 2 amide bonds. The Balaban J connectivity index is 1.57. The molecule has 0 radical (unpaired) electrons. The van der Waals surface area contributed by atoms with E-state index in [-0.39, 0.29) is 22.8 Å². The van der Waals surface area contributed by atoms with Crippen molar-refractivity contribution in [1.82, 2.24) is 10.2 Å². The minimum atomic E-state index is -0.261. The fraction of sp³-hybridized carbons (Fsp3) is 0.111. The summed E-state index contributed by atoms with van der Waals surface area (Å²) < 4.78 is 5.56. The Kier molecular flexibility index (Phi) is 6.56. The zero-order valence-corrected chi connectivity index (χ0v) is 16.9. The normalized spacial score (nSPS) is 10.5. The lowest BCUT2D eigenvalue weighted by molar-refractivity contribution is -0.114. The first-order chi connectivity index (χ1) is 13.4. The number of thioether (sulfide) groups is 1. The molecule has 0 saturated heterocycles. The summed E-state index contributed by atoms with van der Waals surface area (Å²) in [6, 6.07) is 11.8. The molecule has 0 atom stereocenters. The molecule has 0 unspecified atom stereocenters. The fourth-order valence-electron chi connectivity index (χ4n) is 2.23. The van der Waals surface area contributed by atoms with E-state index in [1.807, 2.05) is 0 Å². The Labute approximate surface area is 174 Å². The first-order valence-corrected chi connectivity index (χ1v) is 9.73. The fourth-order valence-corrected chi connectivity index (χ4v) is 3.32. The van der Waals surface area contributed by atoms with Gasteiger partial charge in [-0.05, 0) is 42.5 Å². The number of hydrogen-bond donors (Lipinski definition) is 2. The van der Waals surface area contributed by atoms with E-state index >= 15 is 0 Å². The number of nitrogens with zero attached hydrogens (tertiary/aromatic N) is 2. The van der Waals surface area contributed by atoms with Crippen LogP contribution in [0.5, 0.6) is 0 Å². The molecular weight excluding hydrogens is 423 g/mol. The van der Waals surface area contributed by atoms with Gasteiger partial charge in [0, 0.05) is 33.9 Å². The van der Waals surface area contributed by atoms with E-state index < -0.39 is 0 Å². The summed E-state index contributed by atoms with van der Waals surface area (Å²) in [4.78, 5) is 23.1. The van der Waals surface area contributed by atoms with Crippen LogP contribution >= 0.6 is 35.0 Å². The predicted octanol–water partition coefficient (Wildman–Crippen LogP) is 4.73. The zero-order chi connectivity index (χ0) is 20.1. The molecular formula is C18H14Cl2N4O3S. The number of benzene rings is 2. The maximum Gasteiger partial charge on any atom is 0.277 e. The molecule has 1 aromatic heterocycles. The highest BCUT2D eigenvalue weighted by Gasteiger charge is 2.12. The highest BCUT2D eigenvalue weighted by Crippen LogP contribution is 2.25. The number of aromatic nitrogens is 2.